The van der Waals surface area contributed by atoms with Gasteiger partial charge in [-0.2, -0.15) is 0 Å². The lowest BCUT2D eigenvalue weighted by molar-refractivity contribution is -0.136. The first-order valence-electron chi connectivity index (χ1n) is 18.8. The number of piperidine rings is 1. The van der Waals surface area contributed by atoms with Crippen LogP contribution in [0.3, 0.4) is 0 Å². The minimum absolute atomic E-state index is 0.00730. The van der Waals surface area contributed by atoms with Crippen LogP contribution in [0, 0.1) is 18.7 Å². The standard InChI is InChI=1S/C41H39FN6O8S/c1-22-36(26-5-9-31-25(20-26)12-14-47(31)38(52)24-3-4-24)46-41(57-22)45-35(50)19-23-2-8-30(42)33(18-23)56-17-16-55-15-13-43-27-6-7-28-29(21-27)40(54)48(39(28)53)32-10-11-34(49)44-37(32)51/h2,5-9,18,20-21,24,32,43H,3-4,10-17,19H2,1H3,(H,44,49,51)(H,45,46,50). The Bertz CT molecular complexity index is 2330. The third-order valence-corrected chi connectivity index (χ3v) is 11.2. The molecule has 1 aromatic heterocycles. The number of aryl methyl sites for hydroxylation is 1. The summed E-state index contributed by atoms with van der Waals surface area (Å²) >= 11 is 1.37. The van der Waals surface area contributed by atoms with Gasteiger partial charge in [-0.25, -0.2) is 9.37 Å². The highest BCUT2D eigenvalue weighted by molar-refractivity contribution is 7.16. The summed E-state index contributed by atoms with van der Waals surface area (Å²) in [4.78, 5) is 83.9. The van der Waals surface area contributed by atoms with E-state index >= 15 is 0 Å². The van der Waals surface area contributed by atoms with Gasteiger partial charge < -0.3 is 25.0 Å². The van der Waals surface area contributed by atoms with Gasteiger partial charge in [0.15, 0.2) is 16.7 Å². The number of nitrogens with one attached hydrogen (secondary N) is 3. The zero-order valence-electron chi connectivity index (χ0n) is 31.0. The van der Waals surface area contributed by atoms with Crippen LogP contribution < -0.4 is 25.6 Å². The van der Waals surface area contributed by atoms with Crippen molar-refractivity contribution >= 4 is 63.3 Å². The Morgan fingerprint density at radius 3 is 2.58 bits per heavy atom. The number of carbonyl (C=O) groups is 6. The van der Waals surface area contributed by atoms with Crippen molar-refractivity contribution in [3.8, 4) is 17.0 Å². The van der Waals surface area contributed by atoms with Crippen molar-refractivity contribution in [3.63, 3.8) is 0 Å². The molecule has 4 heterocycles. The van der Waals surface area contributed by atoms with Gasteiger partial charge in [-0.15, -0.1) is 11.3 Å². The van der Waals surface area contributed by atoms with Gasteiger partial charge in [-0.1, -0.05) is 12.1 Å². The number of nitrogens with zero attached hydrogens (tertiary/aromatic N) is 3. The largest absolute Gasteiger partial charge is 0.488 e. The highest BCUT2D eigenvalue weighted by Gasteiger charge is 2.44. The number of amides is 6. The molecule has 2 fully saturated rings. The maximum absolute atomic E-state index is 14.6. The number of thiazole rings is 1. The Balaban J connectivity index is 0.776. The molecule has 0 radical (unpaired) electrons. The first-order chi connectivity index (χ1) is 27.5. The molecule has 0 spiro atoms. The fourth-order valence-electron chi connectivity index (χ4n) is 7.32. The summed E-state index contributed by atoms with van der Waals surface area (Å²) in [6, 6.07) is 14.0. The van der Waals surface area contributed by atoms with Gasteiger partial charge in [-0.05, 0) is 86.2 Å². The Kier molecular flexibility index (Phi) is 10.5. The Hall–Kier alpha value is -6.00. The maximum Gasteiger partial charge on any atom is 0.262 e. The molecule has 3 aromatic carbocycles. The van der Waals surface area contributed by atoms with Gasteiger partial charge in [0.05, 0.1) is 36.5 Å². The molecule has 3 N–H and O–H groups in total. The number of halogens is 1. The van der Waals surface area contributed by atoms with Crippen LogP contribution in [0.25, 0.3) is 11.3 Å². The SMILES string of the molecule is Cc1sc(NC(=O)Cc2ccc(F)c(OCCOCCNc3ccc4c(c3)C(=O)N(C3CCC(=O)NC3=O)C4=O)c2)nc1-c1ccc2c(c1)CCN2C(=O)C1CC1. The topological polar surface area (TPSA) is 176 Å². The molecule has 1 saturated carbocycles. The van der Waals surface area contributed by atoms with Gasteiger partial charge in [0.1, 0.15) is 12.6 Å². The van der Waals surface area contributed by atoms with E-state index in [2.05, 4.69) is 22.0 Å². The molecule has 4 aromatic rings. The number of hydrogen-bond donors (Lipinski definition) is 3. The Morgan fingerprint density at radius 1 is 0.947 bits per heavy atom. The van der Waals surface area contributed by atoms with Gasteiger partial charge in [-0.3, -0.25) is 39.0 Å². The van der Waals surface area contributed by atoms with E-state index in [1.807, 2.05) is 24.0 Å². The normalized spacial score (nSPS) is 17.4. The molecule has 1 saturated heterocycles. The summed E-state index contributed by atoms with van der Waals surface area (Å²) in [5.41, 5.74) is 5.28. The van der Waals surface area contributed by atoms with Crippen LogP contribution in [0.15, 0.2) is 54.6 Å². The zero-order chi connectivity index (χ0) is 39.8. The molecule has 8 rings (SSSR count). The second-order valence-corrected chi connectivity index (χ2v) is 15.6. The lowest BCUT2D eigenvalue weighted by Gasteiger charge is -2.27. The molecule has 1 unspecified atom stereocenters. The van der Waals surface area contributed by atoms with Crippen LogP contribution >= 0.6 is 11.3 Å². The molecule has 1 atom stereocenters. The summed E-state index contributed by atoms with van der Waals surface area (Å²) < 4.78 is 25.8. The van der Waals surface area contributed by atoms with E-state index < -0.39 is 35.5 Å². The lowest BCUT2D eigenvalue weighted by atomic mass is 10.0. The second kappa shape index (κ2) is 15.9. The molecule has 16 heteroatoms. The van der Waals surface area contributed by atoms with Crippen molar-refractivity contribution in [1.82, 2.24) is 15.2 Å². The van der Waals surface area contributed by atoms with Crippen molar-refractivity contribution in [1.29, 1.82) is 0 Å². The minimum atomic E-state index is -1.04. The van der Waals surface area contributed by atoms with Crippen LogP contribution in [-0.2, 0) is 36.8 Å². The van der Waals surface area contributed by atoms with Gasteiger partial charge in [0.2, 0.25) is 23.6 Å². The van der Waals surface area contributed by atoms with E-state index in [9.17, 15) is 33.2 Å². The summed E-state index contributed by atoms with van der Waals surface area (Å²) in [7, 11) is 0. The maximum atomic E-state index is 14.6. The highest BCUT2D eigenvalue weighted by Crippen LogP contribution is 2.39. The van der Waals surface area contributed by atoms with E-state index in [0.29, 0.717) is 29.5 Å². The fourth-order valence-corrected chi connectivity index (χ4v) is 8.18. The summed E-state index contributed by atoms with van der Waals surface area (Å²) in [5, 5.41) is 8.63. The number of anilines is 3. The van der Waals surface area contributed by atoms with Gasteiger partial charge in [0.25, 0.3) is 11.8 Å². The van der Waals surface area contributed by atoms with E-state index in [4.69, 9.17) is 14.5 Å². The van der Waals surface area contributed by atoms with Crippen LogP contribution in [0.2, 0.25) is 0 Å². The van der Waals surface area contributed by atoms with E-state index in [1.165, 1.54) is 35.6 Å². The van der Waals surface area contributed by atoms with Crippen molar-refractivity contribution < 1.29 is 42.6 Å². The monoisotopic (exact) mass is 794 g/mol. The second-order valence-electron chi connectivity index (χ2n) is 14.4. The quantitative estimate of drug-likeness (QED) is 0.120. The molecule has 0 bridgehead atoms. The molecule has 6 amide bonds. The van der Waals surface area contributed by atoms with Crippen LogP contribution in [0.1, 0.15) is 62.4 Å². The van der Waals surface area contributed by atoms with Crippen molar-refractivity contribution in [3.05, 3.63) is 87.5 Å². The molecule has 294 valence electrons. The average molecular weight is 795 g/mol. The third kappa shape index (κ3) is 8.00. The number of fused-ring (bicyclic) bond motifs is 2. The number of aromatic nitrogens is 1. The molecule has 4 aliphatic rings. The molecule has 57 heavy (non-hydrogen) atoms. The number of carbonyl (C=O) groups excluding carboxylic acids is 6. The predicted octanol–water partition coefficient (Wildman–Crippen LogP) is 4.65. The number of benzene rings is 3. The van der Waals surface area contributed by atoms with Gasteiger partial charge >= 0.3 is 0 Å². The number of hydrogen-bond acceptors (Lipinski definition) is 11. The molecule has 1 aliphatic carbocycles. The van der Waals surface area contributed by atoms with Crippen LogP contribution in [-0.4, -0.2) is 84.3 Å². The summed E-state index contributed by atoms with van der Waals surface area (Å²) in [5.74, 6) is -2.78. The minimum Gasteiger partial charge on any atom is -0.488 e. The Morgan fingerprint density at radius 2 is 1.77 bits per heavy atom. The Labute approximate surface area is 330 Å². The number of rotatable bonds is 14. The van der Waals surface area contributed by atoms with Crippen LogP contribution in [0.4, 0.5) is 20.9 Å². The highest BCUT2D eigenvalue weighted by atomic mass is 32.1. The third-order valence-electron chi connectivity index (χ3n) is 10.3. The number of ether oxygens (including phenoxy) is 2. The summed E-state index contributed by atoms with van der Waals surface area (Å²) in [6.45, 7) is 3.45. The molecular formula is C41H39FN6O8S. The predicted molar refractivity (Wildman–Crippen MR) is 208 cm³/mol. The smallest absolute Gasteiger partial charge is 0.262 e. The van der Waals surface area contributed by atoms with Gasteiger partial charge in [0, 0.05) is 47.2 Å². The fraction of sp³-hybridized carbons (Fsp3) is 0.341. The molecule has 3 aliphatic heterocycles. The molecule has 14 nitrogen and oxygen atoms in total. The lowest BCUT2D eigenvalue weighted by Crippen LogP contribution is -2.54. The summed E-state index contributed by atoms with van der Waals surface area (Å²) in [6.07, 6.45) is 2.84. The van der Waals surface area contributed by atoms with E-state index in [0.717, 1.165) is 51.5 Å². The van der Waals surface area contributed by atoms with Crippen molar-refractivity contribution in [2.45, 2.75) is 51.5 Å². The van der Waals surface area contributed by atoms with E-state index in [-0.39, 0.29) is 73.7 Å². The zero-order valence-corrected chi connectivity index (χ0v) is 31.8. The van der Waals surface area contributed by atoms with E-state index in [1.54, 1.807) is 12.1 Å². The first-order valence-corrected chi connectivity index (χ1v) is 19.7. The average Bonchev–Trinajstić information content (AvgIpc) is 3.79. The molecular weight excluding hydrogens is 756 g/mol. The van der Waals surface area contributed by atoms with Crippen molar-refractivity contribution in [2.75, 3.05) is 48.4 Å². The van der Waals surface area contributed by atoms with Crippen LogP contribution in [0.5, 0.6) is 5.75 Å². The first kappa shape index (κ1) is 37.9. The van der Waals surface area contributed by atoms with Crippen molar-refractivity contribution in [2.24, 2.45) is 5.92 Å². The number of imide groups is 2.